The van der Waals surface area contributed by atoms with E-state index < -0.39 is 0 Å². The van der Waals surface area contributed by atoms with Crippen LogP contribution in [0, 0.1) is 0 Å². The summed E-state index contributed by atoms with van der Waals surface area (Å²) in [5.41, 5.74) is 1.21. The van der Waals surface area contributed by atoms with Gasteiger partial charge in [0.2, 0.25) is 0 Å². The number of benzene rings is 1. The quantitative estimate of drug-likeness (QED) is 0.921. The van der Waals surface area contributed by atoms with E-state index in [9.17, 15) is 0 Å². The summed E-state index contributed by atoms with van der Waals surface area (Å²) in [5.74, 6) is 2.15. The second-order valence-corrected chi connectivity index (χ2v) is 6.16. The fraction of sp³-hybridized carbons (Fsp3) is 0.438. The van der Waals surface area contributed by atoms with Crippen molar-refractivity contribution in [3.8, 4) is 11.5 Å². The molecule has 21 heavy (non-hydrogen) atoms. The molecule has 1 atom stereocenters. The molecule has 1 unspecified atom stereocenters. The minimum Gasteiger partial charge on any atom is -0.490 e. The summed E-state index contributed by atoms with van der Waals surface area (Å²) < 4.78 is 11.4. The molecule has 1 aromatic carbocycles. The van der Waals surface area contributed by atoms with Crippen molar-refractivity contribution in [2.45, 2.75) is 25.8 Å². The molecule has 5 heteroatoms. The number of fused-ring (bicyclic) bond motifs is 1. The molecule has 0 amide bonds. The van der Waals surface area contributed by atoms with Crippen LogP contribution < -0.4 is 14.8 Å². The zero-order valence-electron chi connectivity index (χ0n) is 12.2. The largest absolute Gasteiger partial charge is 0.490 e. The number of hydrogen-bond acceptors (Lipinski definition) is 5. The van der Waals surface area contributed by atoms with Crippen molar-refractivity contribution in [3.63, 3.8) is 0 Å². The number of aromatic nitrogens is 1. The van der Waals surface area contributed by atoms with Crippen LogP contribution in [0.4, 0.5) is 0 Å². The van der Waals surface area contributed by atoms with Gasteiger partial charge in [-0.25, -0.2) is 4.98 Å². The predicted molar refractivity (Wildman–Crippen MR) is 84.3 cm³/mol. The molecule has 1 N–H and O–H groups in total. The molecule has 0 fully saturated rings. The molecule has 0 saturated heterocycles. The molecule has 3 rings (SSSR count). The summed E-state index contributed by atoms with van der Waals surface area (Å²) in [7, 11) is 0. The van der Waals surface area contributed by atoms with E-state index in [1.54, 1.807) is 11.3 Å². The first kappa shape index (κ1) is 14.4. The third-order valence-electron chi connectivity index (χ3n) is 3.46. The van der Waals surface area contributed by atoms with E-state index in [0.717, 1.165) is 44.2 Å². The Balaban J connectivity index is 1.55. The van der Waals surface area contributed by atoms with Gasteiger partial charge in [0, 0.05) is 37.0 Å². The molecule has 0 aliphatic carbocycles. The minimum atomic E-state index is 0.436. The molecular formula is C16H20N2O2S. The Morgan fingerprint density at radius 3 is 2.95 bits per heavy atom. The number of thiazole rings is 1. The highest BCUT2D eigenvalue weighted by Gasteiger charge is 2.11. The van der Waals surface area contributed by atoms with Crippen LogP contribution in [0.25, 0.3) is 0 Å². The Labute approximate surface area is 129 Å². The van der Waals surface area contributed by atoms with Crippen LogP contribution in [0.15, 0.2) is 29.8 Å². The van der Waals surface area contributed by atoms with Gasteiger partial charge in [-0.05, 0) is 17.7 Å². The Hall–Kier alpha value is -1.59. The Morgan fingerprint density at radius 2 is 2.14 bits per heavy atom. The topological polar surface area (TPSA) is 43.4 Å². The third-order valence-corrected chi connectivity index (χ3v) is 4.47. The highest BCUT2D eigenvalue weighted by Crippen LogP contribution is 2.30. The van der Waals surface area contributed by atoms with E-state index in [4.69, 9.17) is 9.47 Å². The monoisotopic (exact) mass is 304 g/mol. The normalized spacial score (nSPS) is 15.5. The summed E-state index contributed by atoms with van der Waals surface area (Å²) in [6.45, 7) is 5.40. The smallest absolute Gasteiger partial charge is 0.161 e. The molecule has 112 valence electrons. The highest BCUT2D eigenvalue weighted by atomic mass is 32.1. The van der Waals surface area contributed by atoms with E-state index in [2.05, 4.69) is 29.4 Å². The predicted octanol–water partition coefficient (Wildman–Crippen LogP) is 3.20. The van der Waals surface area contributed by atoms with Crippen LogP contribution in [0.2, 0.25) is 0 Å². The molecule has 0 saturated carbocycles. The molecule has 1 aromatic heterocycles. The lowest BCUT2D eigenvalue weighted by Gasteiger charge is -2.12. The zero-order valence-corrected chi connectivity index (χ0v) is 13.0. The van der Waals surface area contributed by atoms with Crippen molar-refractivity contribution < 1.29 is 9.47 Å². The summed E-state index contributed by atoms with van der Waals surface area (Å²) in [6, 6.07) is 6.16. The fourth-order valence-electron chi connectivity index (χ4n) is 2.32. The Morgan fingerprint density at radius 1 is 1.29 bits per heavy atom. The maximum absolute atomic E-state index is 5.71. The third kappa shape index (κ3) is 3.74. The molecule has 1 aliphatic rings. The lowest BCUT2D eigenvalue weighted by molar-refractivity contribution is 0.297. The van der Waals surface area contributed by atoms with E-state index in [-0.39, 0.29) is 0 Å². The van der Waals surface area contributed by atoms with Gasteiger partial charge in [0.25, 0.3) is 0 Å². The van der Waals surface area contributed by atoms with Gasteiger partial charge in [-0.3, -0.25) is 0 Å². The van der Waals surface area contributed by atoms with Gasteiger partial charge in [-0.2, -0.15) is 0 Å². The SMILES string of the molecule is CC(CNCc1ccc2c(c1)OCCCO2)c1nccs1. The van der Waals surface area contributed by atoms with E-state index in [0.29, 0.717) is 5.92 Å². The fourth-order valence-corrected chi connectivity index (χ4v) is 3.01. The molecule has 1 aliphatic heterocycles. The molecule has 4 nitrogen and oxygen atoms in total. The van der Waals surface area contributed by atoms with Gasteiger partial charge < -0.3 is 14.8 Å². The number of hydrogen-bond donors (Lipinski definition) is 1. The van der Waals surface area contributed by atoms with Crippen LogP contribution in [0.1, 0.15) is 29.8 Å². The van der Waals surface area contributed by atoms with Crippen molar-refractivity contribution in [1.29, 1.82) is 0 Å². The van der Waals surface area contributed by atoms with Gasteiger partial charge in [0.15, 0.2) is 11.5 Å². The average molecular weight is 304 g/mol. The van der Waals surface area contributed by atoms with Crippen molar-refractivity contribution in [1.82, 2.24) is 10.3 Å². The second-order valence-electron chi connectivity index (χ2n) is 5.23. The molecular weight excluding hydrogens is 284 g/mol. The standard InChI is InChI=1S/C16H20N2O2S/c1-12(16-18-5-8-21-16)10-17-11-13-3-4-14-15(9-13)20-7-2-6-19-14/h3-5,8-9,12,17H,2,6-7,10-11H2,1H3. The van der Waals surface area contributed by atoms with Crippen molar-refractivity contribution in [3.05, 3.63) is 40.3 Å². The minimum absolute atomic E-state index is 0.436. The Bertz CT molecular complexity index is 572. The van der Waals surface area contributed by atoms with Crippen LogP contribution in [-0.2, 0) is 6.54 Å². The van der Waals surface area contributed by atoms with Gasteiger partial charge in [-0.1, -0.05) is 13.0 Å². The Kier molecular flexibility index (Phi) is 4.72. The van der Waals surface area contributed by atoms with E-state index >= 15 is 0 Å². The summed E-state index contributed by atoms with van der Waals surface area (Å²) >= 11 is 1.71. The van der Waals surface area contributed by atoms with Crippen LogP contribution >= 0.6 is 11.3 Å². The maximum Gasteiger partial charge on any atom is 0.161 e. The number of nitrogens with zero attached hydrogens (tertiary/aromatic N) is 1. The van der Waals surface area contributed by atoms with Crippen LogP contribution in [0.5, 0.6) is 11.5 Å². The molecule has 2 heterocycles. The zero-order chi connectivity index (χ0) is 14.5. The van der Waals surface area contributed by atoms with Gasteiger partial charge in [0.1, 0.15) is 0 Å². The lowest BCUT2D eigenvalue weighted by atomic mass is 10.1. The van der Waals surface area contributed by atoms with E-state index in [1.807, 2.05) is 17.6 Å². The first-order chi connectivity index (χ1) is 10.3. The van der Waals surface area contributed by atoms with Crippen molar-refractivity contribution in [2.24, 2.45) is 0 Å². The molecule has 0 bridgehead atoms. The van der Waals surface area contributed by atoms with E-state index in [1.165, 1.54) is 10.6 Å². The second kappa shape index (κ2) is 6.91. The lowest BCUT2D eigenvalue weighted by Crippen LogP contribution is -2.19. The molecule has 0 spiro atoms. The first-order valence-electron chi connectivity index (χ1n) is 7.31. The highest BCUT2D eigenvalue weighted by molar-refractivity contribution is 7.09. The number of rotatable bonds is 5. The van der Waals surface area contributed by atoms with Crippen LogP contribution in [-0.4, -0.2) is 24.7 Å². The van der Waals surface area contributed by atoms with Gasteiger partial charge >= 0.3 is 0 Å². The summed E-state index contributed by atoms with van der Waals surface area (Å²) in [4.78, 5) is 4.35. The van der Waals surface area contributed by atoms with Crippen molar-refractivity contribution >= 4 is 11.3 Å². The summed E-state index contributed by atoms with van der Waals surface area (Å²) in [6.07, 6.45) is 2.80. The van der Waals surface area contributed by atoms with Crippen LogP contribution in [0.3, 0.4) is 0 Å². The van der Waals surface area contributed by atoms with Crippen molar-refractivity contribution in [2.75, 3.05) is 19.8 Å². The van der Waals surface area contributed by atoms with Gasteiger partial charge in [-0.15, -0.1) is 11.3 Å². The van der Waals surface area contributed by atoms with Gasteiger partial charge in [0.05, 0.1) is 18.2 Å². The first-order valence-corrected chi connectivity index (χ1v) is 8.19. The number of nitrogens with one attached hydrogen (secondary N) is 1. The average Bonchev–Trinajstić information content (AvgIpc) is 2.93. The number of ether oxygens (including phenoxy) is 2. The summed E-state index contributed by atoms with van der Waals surface area (Å²) in [5, 5.41) is 6.69. The maximum atomic E-state index is 5.71. The molecule has 2 aromatic rings. The molecule has 0 radical (unpaired) electrons.